The molecule has 0 radical (unpaired) electrons. The van der Waals surface area contributed by atoms with Crippen molar-refractivity contribution in [2.75, 3.05) is 9.80 Å². The first-order valence-corrected chi connectivity index (χ1v) is 38.7. The van der Waals surface area contributed by atoms with Crippen LogP contribution in [0.15, 0.2) is 370 Å². The Hall–Kier alpha value is -13.2. The van der Waals surface area contributed by atoms with Crippen LogP contribution in [0.3, 0.4) is 0 Å². The number of para-hydroxylation sites is 4. The Labute approximate surface area is 643 Å². The minimum atomic E-state index is -0.777. The van der Waals surface area contributed by atoms with E-state index in [4.69, 9.17) is 0 Å². The van der Waals surface area contributed by atoms with Gasteiger partial charge in [0.1, 0.15) is 0 Å². The molecule has 0 saturated heterocycles. The van der Waals surface area contributed by atoms with Gasteiger partial charge in [0.15, 0.2) is 0 Å². The van der Waals surface area contributed by atoms with E-state index >= 15 is 0 Å². The van der Waals surface area contributed by atoms with E-state index in [2.05, 4.69) is 431 Å². The summed E-state index contributed by atoms with van der Waals surface area (Å²) in [5.74, 6) is 0. The van der Waals surface area contributed by atoms with Crippen molar-refractivity contribution in [1.82, 2.24) is 9.13 Å². The predicted octanol–water partition coefficient (Wildman–Crippen LogP) is 25.6. The molecule has 1 aliphatic carbocycles. The summed E-state index contributed by atoms with van der Waals surface area (Å²) in [6.07, 6.45) is 0. The van der Waals surface area contributed by atoms with Gasteiger partial charge in [0.2, 0.25) is 0 Å². The third-order valence-corrected chi connectivity index (χ3v) is 24.1. The SMILES string of the molecule is CC(C)(C)c1ccc(N2c3ccc(-c4cccc(-n5c6ccccc6c6ccccc65)c4)cc3B3c4cc(-c5cccc(-n6c7ccccc7c7ccccc76)c5)ccc4N(c4ccc(C(C)(C)C)cc4-c4ccccc4)c4cc(C5(c6ccccc6)c6ccccc6-c6ccccc65)cc2c43)c(-c2ccccc2)c1. The maximum atomic E-state index is 2.69. The lowest BCUT2D eigenvalue weighted by atomic mass is 9.33. The highest BCUT2D eigenvalue weighted by Crippen LogP contribution is 2.59. The molecule has 18 aromatic rings. The molecule has 3 aliphatic rings. The fourth-order valence-corrected chi connectivity index (χ4v) is 19.0. The molecule has 0 atom stereocenters. The largest absolute Gasteiger partial charge is 0.311 e. The highest BCUT2D eigenvalue weighted by molar-refractivity contribution is 7.00. The molecule has 0 amide bonds. The molecule has 5 heteroatoms. The van der Waals surface area contributed by atoms with E-state index in [0.717, 1.165) is 78.9 Å². The van der Waals surface area contributed by atoms with Gasteiger partial charge in [-0.1, -0.05) is 315 Å². The van der Waals surface area contributed by atoms with Crippen molar-refractivity contribution in [3.63, 3.8) is 0 Å². The van der Waals surface area contributed by atoms with Crippen LogP contribution in [0.4, 0.5) is 34.1 Å². The van der Waals surface area contributed by atoms with Crippen LogP contribution in [0.1, 0.15) is 74.9 Å². The smallest absolute Gasteiger partial charge is 0.252 e. The number of hydrogen-bond acceptors (Lipinski definition) is 2. The Morgan fingerprint density at radius 1 is 0.245 bits per heavy atom. The summed E-state index contributed by atoms with van der Waals surface area (Å²) in [6, 6.07) is 141. The first kappa shape index (κ1) is 65.1. The van der Waals surface area contributed by atoms with Gasteiger partial charge in [0, 0.05) is 66.8 Å². The van der Waals surface area contributed by atoms with E-state index in [9.17, 15) is 0 Å². The number of nitrogens with zero attached hydrogens (tertiary/aromatic N) is 4. The zero-order valence-electron chi connectivity index (χ0n) is 62.6. The summed E-state index contributed by atoms with van der Waals surface area (Å²) in [5.41, 5.74) is 35.5. The molecule has 0 bridgehead atoms. The molecular weight excluding hydrogens is 1330 g/mol. The third kappa shape index (κ3) is 10.00. The molecule has 2 aliphatic heterocycles. The van der Waals surface area contributed by atoms with Crippen LogP contribution in [0, 0.1) is 0 Å². The van der Waals surface area contributed by atoms with Crippen LogP contribution in [-0.4, -0.2) is 15.8 Å². The summed E-state index contributed by atoms with van der Waals surface area (Å²) >= 11 is 0. The van der Waals surface area contributed by atoms with Crippen molar-refractivity contribution in [2.24, 2.45) is 0 Å². The lowest BCUT2D eigenvalue weighted by Gasteiger charge is -2.46. The Bertz CT molecular complexity index is 6280. The maximum absolute atomic E-state index is 2.69. The van der Waals surface area contributed by atoms with Gasteiger partial charge in [-0.25, -0.2) is 0 Å². The predicted molar refractivity (Wildman–Crippen MR) is 466 cm³/mol. The van der Waals surface area contributed by atoms with Gasteiger partial charge >= 0.3 is 0 Å². The molecule has 16 aromatic carbocycles. The van der Waals surface area contributed by atoms with Crippen LogP contribution in [-0.2, 0) is 16.2 Å². The van der Waals surface area contributed by atoms with Crippen molar-refractivity contribution in [3.8, 4) is 67.0 Å². The van der Waals surface area contributed by atoms with Crippen LogP contribution in [0.5, 0.6) is 0 Å². The molecule has 21 rings (SSSR count). The second kappa shape index (κ2) is 24.9. The summed E-state index contributed by atoms with van der Waals surface area (Å²) < 4.78 is 4.90. The lowest BCUT2D eigenvalue weighted by molar-refractivity contribution is 0.590. The fraction of sp³-hybridized carbons (Fsp3) is 0.0857. The summed E-state index contributed by atoms with van der Waals surface area (Å²) in [4.78, 5) is 5.38. The summed E-state index contributed by atoms with van der Waals surface area (Å²) in [6.45, 7) is 13.7. The van der Waals surface area contributed by atoms with Crippen LogP contribution < -0.4 is 26.2 Å². The molecule has 522 valence electrons. The number of fused-ring (bicyclic) bond motifs is 13. The molecule has 4 heterocycles. The molecule has 2 aromatic heterocycles. The van der Waals surface area contributed by atoms with E-state index in [1.165, 1.54) is 116 Å². The van der Waals surface area contributed by atoms with Crippen molar-refractivity contribution in [3.05, 3.63) is 403 Å². The average Bonchev–Trinajstić information content (AvgIpc) is 1.33. The maximum Gasteiger partial charge on any atom is 0.252 e. The molecule has 0 N–H and O–H groups in total. The van der Waals surface area contributed by atoms with E-state index in [1.807, 2.05) is 0 Å². The number of hydrogen-bond donors (Lipinski definition) is 0. The summed E-state index contributed by atoms with van der Waals surface area (Å²) in [5, 5.41) is 4.96. The Balaban J connectivity index is 0.905. The van der Waals surface area contributed by atoms with Crippen molar-refractivity contribution in [2.45, 2.75) is 57.8 Å². The zero-order chi connectivity index (χ0) is 73.7. The van der Waals surface area contributed by atoms with Gasteiger partial charge in [-0.2, -0.15) is 0 Å². The molecule has 0 saturated carbocycles. The molecule has 0 unspecified atom stereocenters. The van der Waals surface area contributed by atoms with Gasteiger partial charge in [-0.15, -0.1) is 0 Å². The molecular formula is C105H79BN4. The summed E-state index contributed by atoms with van der Waals surface area (Å²) in [7, 11) is 0. The number of benzene rings is 16. The minimum absolute atomic E-state index is 0.149. The second-order valence-electron chi connectivity index (χ2n) is 32.3. The fourth-order valence-electron chi connectivity index (χ4n) is 19.0. The van der Waals surface area contributed by atoms with Gasteiger partial charge in [0.05, 0.1) is 38.9 Å². The van der Waals surface area contributed by atoms with Crippen molar-refractivity contribution >= 4 is 101 Å². The molecule has 4 nitrogen and oxygen atoms in total. The molecule has 0 fully saturated rings. The topological polar surface area (TPSA) is 16.3 Å². The zero-order valence-corrected chi connectivity index (χ0v) is 62.6. The third-order valence-electron chi connectivity index (χ3n) is 24.1. The standard InChI is InChI=1S/C105H79BN4/c1-103(2,3)75-54-58-96(86(64-75)68-30-10-7-11-31-68)109-98-56-52-72(70-34-28-38-78(60-70)107-92-48-24-18-42-82(92)83-43-19-25-49-93(83)107)62-90(98)106-91-63-73(71-35-29-39-79(61-71)108-94-50-26-20-44-84(94)85-45-21-27-51-95(85)108)53-57-99(91)110(97-59-55-76(104(4,5)6)65-87(97)69-32-12-8-13-33-69)101-67-77(66-100(109)102(101)106)105(74-36-14-9-15-37-74)88-46-22-16-40-80(88)81-41-17-23-47-89(81)105/h7-67H,1-6H3. The van der Waals surface area contributed by atoms with Crippen molar-refractivity contribution < 1.29 is 0 Å². The highest BCUT2D eigenvalue weighted by Gasteiger charge is 2.50. The second-order valence-corrected chi connectivity index (χ2v) is 32.3. The van der Waals surface area contributed by atoms with Crippen LogP contribution in [0.25, 0.3) is 111 Å². The number of anilines is 6. The minimum Gasteiger partial charge on any atom is -0.311 e. The quantitative estimate of drug-likeness (QED) is 0.127. The van der Waals surface area contributed by atoms with Crippen LogP contribution >= 0.6 is 0 Å². The van der Waals surface area contributed by atoms with E-state index in [-0.39, 0.29) is 17.5 Å². The Morgan fingerprint density at radius 2 is 0.591 bits per heavy atom. The highest BCUT2D eigenvalue weighted by atomic mass is 15.2. The van der Waals surface area contributed by atoms with Gasteiger partial charge < -0.3 is 18.9 Å². The molecule has 110 heavy (non-hydrogen) atoms. The van der Waals surface area contributed by atoms with Gasteiger partial charge in [0.25, 0.3) is 6.71 Å². The van der Waals surface area contributed by atoms with Gasteiger partial charge in [-0.05, 0) is 202 Å². The first-order chi connectivity index (χ1) is 53.8. The van der Waals surface area contributed by atoms with E-state index in [0.29, 0.717) is 0 Å². The van der Waals surface area contributed by atoms with E-state index in [1.54, 1.807) is 0 Å². The average molecular weight is 1410 g/mol. The van der Waals surface area contributed by atoms with Gasteiger partial charge in [-0.3, -0.25) is 0 Å². The Kier molecular flexibility index (Phi) is 14.8. The van der Waals surface area contributed by atoms with E-state index < -0.39 is 5.41 Å². The first-order valence-electron chi connectivity index (χ1n) is 38.7. The lowest BCUT2D eigenvalue weighted by Crippen LogP contribution is -2.61. The molecule has 0 spiro atoms. The Morgan fingerprint density at radius 3 is 1.00 bits per heavy atom. The van der Waals surface area contributed by atoms with Crippen molar-refractivity contribution in [1.29, 1.82) is 0 Å². The monoisotopic (exact) mass is 1410 g/mol. The van der Waals surface area contributed by atoms with Crippen LogP contribution in [0.2, 0.25) is 0 Å². The normalized spacial score (nSPS) is 13.4. The number of rotatable bonds is 10. The number of aromatic nitrogens is 2.